The Balaban J connectivity index is 2.04. The van der Waals surface area contributed by atoms with Gasteiger partial charge in [-0.3, -0.25) is 0 Å². The second kappa shape index (κ2) is 4.69. The fraction of sp³-hybridized carbons (Fsp3) is 0.0625. The molecule has 0 bridgehead atoms. The van der Waals surface area contributed by atoms with Crippen LogP contribution in [0.25, 0.3) is 10.9 Å². The third-order valence-corrected chi connectivity index (χ3v) is 3.06. The lowest BCUT2D eigenvalue weighted by atomic mass is 10.1. The first-order valence-electron chi connectivity index (χ1n) is 6.12. The number of hydrogen-bond donors (Lipinski definition) is 1. The fourth-order valence-corrected chi connectivity index (χ4v) is 2.11. The van der Waals surface area contributed by atoms with E-state index in [2.05, 4.69) is 10.3 Å². The molecule has 1 aromatic heterocycles. The van der Waals surface area contributed by atoms with Crippen molar-refractivity contribution >= 4 is 22.4 Å². The first kappa shape index (κ1) is 11.7. The molecule has 0 radical (unpaired) electrons. The van der Waals surface area contributed by atoms with Gasteiger partial charge in [0.05, 0.1) is 11.2 Å². The van der Waals surface area contributed by atoms with Crippen LogP contribution in [0, 0.1) is 12.7 Å². The zero-order chi connectivity index (χ0) is 13.2. The van der Waals surface area contributed by atoms with Gasteiger partial charge in [-0.05, 0) is 36.8 Å². The molecule has 0 atom stereocenters. The molecule has 1 N–H and O–H groups in total. The van der Waals surface area contributed by atoms with Crippen LogP contribution >= 0.6 is 0 Å². The zero-order valence-electron chi connectivity index (χ0n) is 10.5. The Morgan fingerprint density at radius 2 is 1.74 bits per heavy atom. The summed E-state index contributed by atoms with van der Waals surface area (Å²) in [5.74, 6) is 0.372. The first-order valence-corrected chi connectivity index (χ1v) is 6.12. The molecule has 0 aliphatic carbocycles. The van der Waals surface area contributed by atoms with Gasteiger partial charge in [-0.15, -0.1) is 0 Å². The van der Waals surface area contributed by atoms with Gasteiger partial charge < -0.3 is 5.32 Å². The molecule has 2 aromatic carbocycles. The maximum absolute atomic E-state index is 13.6. The molecule has 0 saturated carbocycles. The lowest BCUT2D eigenvalue weighted by Gasteiger charge is -2.09. The minimum atomic E-state index is -0.282. The molecular weight excluding hydrogens is 239 g/mol. The molecule has 3 heteroatoms. The second-order valence-corrected chi connectivity index (χ2v) is 4.45. The van der Waals surface area contributed by atoms with Gasteiger partial charge >= 0.3 is 0 Å². The van der Waals surface area contributed by atoms with Crippen LogP contribution in [0.15, 0.2) is 54.6 Å². The number of fused-ring (bicyclic) bond motifs is 1. The van der Waals surface area contributed by atoms with Crippen LogP contribution in [0.3, 0.4) is 0 Å². The van der Waals surface area contributed by atoms with E-state index in [1.165, 1.54) is 6.07 Å². The van der Waals surface area contributed by atoms with Gasteiger partial charge in [0.1, 0.15) is 11.6 Å². The molecule has 1 heterocycles. The van der Waals surface area contributed by atoms with Gasteiger partial charge in [0.2, 0.25) is 0 Å². The van der Waals surface area contributed by atoms with Crippen molar-refractivity contribution in [3.8, 4) is 0 Å². The number of aryl methyl sites for hydroxylation is 1. The Bertz CT molecular complexity index is 738. The number of nitrogens with one attached hydrogen (secondary N) is 1. The monoisotopic (exact) mass is 252 g/mol. The molecule has 3 aromatic rings. The zero-order valence-corrected chi connectivity index (χ0v) is 10.5. The van der Waals surface area contributed by atoms with Crippen LogP contribution in [-0.2, 0) is 0 Å². The van der Waals surface area contributed by atoms with Crippen molar-refractivity contribution in [2.45, 2.75) is 6.92 Å². The lowest BCUT2D eigenvalue weighted by molar-refractivity contribution is 0.632. The molecule has 0 amide bonds. The SMILES string of the molecule is Cc1cc(Nc2ccccc2F)nc2ccccc12. The lowest BCUT2D eigenvalue weighted by Crippen LogP contribution is -1.97. The van der Waals surface area contributed by atoms with E-state index in [-0.39, 0.29) is 5.82 Å². The van der Waals surface area contributed by atoms with Crippen molar-refractivity contribution in [2.24, 2.45) is 0 Å². The minimum absolute atomic E-state index is 0.282. The third kappa shape index (κ3) is 2.27. The van der Waals surface area contributed by atoms with E-state index in [1.54, 1.807) is 18.2 Å². The third-order valence-electron chi connectivity index (χ3n) is 3.06. The molecule has 0 aliphatic rings. The summed E-state index contributed by atoms with van der Waals surface area (Å²) in [6.07, 6.45) is 0. The number of hydrogen-bond acceptors (Lipinski definition) is 2. The highest BCUT2D eigenvalue weighted by atomic mass is 19.1. The average Bonchev–Trinajstić information content (AvgIpc) is 2.42. The van der Waals surface area contributed by atoms with Gasteiger partial charge in [0, 0.05) is 5.39 Å². The second-order valence-electron chi connectivity index (χ2n) is 4.45. The Hall–Kier alpha value is -2.42. The van der Waals surface area contributed by atoms with Crippen LogP contribution in [0.4, 0.5) is 15.9 Å². The number of nitrogens with zero attached hydrogens (tertiary/aromatic N) is 1. The Morgan fingerprint density at radius 1 is 1.00 bits per heavy atom. The van der Waals surface area contributed by atoms with Crippen molar-refractivity contribution in [2.75, 3.05) is 5.32 Å². The fourth-order valence-electron chi connectivity index (χ4n) is 2.11. The van der Waals surface area contributed by atoms with E-state index < -0.39 is 0 Å². The Morgan fingerprint density at radius 3 is 2.58 bits per heavy atom. The van der Waals surface area contributed by atoms with E-state index in [1.807, 2.05) is 37.3 Å². The smallest absolute Gasteiger partial charge is 0.146 e. The maximum atomic E-state index is 13.6. The number of benzene rings is 2. The highest BCUT2D eigenvalue weighted by molar-refractivity contribution is 5.84. The molecule has 0 aliphatic heterocycles. The minimum Gasteiger partial charge on any atom is -0.338 e. The van der Waals surface area contributed by atoms with Gasteiger partial charge in [0.15, 0.2) is 0 Å². The predicted octanol–water partition coefficient (Wildman–Crippen LogP) is 4.43. The van der Waals surface area contributed by atoms with Crippen LogP contribution in [0.1, 0.15) is 5.56 Å². The standard InChI is InChI=1S/C16H13FN2/c1-11-10-16(18-14-8-4-2-6-12(11)14)19-15-9-5-3-7-13(15)17/h2-10H,1H3,(H,18,19). The molecule has 19 heavy (non-hydrogen) atoms. The number of halogens is 1. The van der Waals surface area contributed by atoms with E-state index in [9.17, 15) is 4.39 Å². The summed E-state index contributed by atoms with van der Waals surface area (Å²) in [7, 11) is 0. The van der Waals surface area contributed by atoms with Gasteiger partial charge in [0.25, 0.3) is 0 Å². The number of aromatic nitrogens is 1. The summed E-state index contributed by atoms with van der Waals surface area (Å²) < 4.78 is 13.6. The molecule has 0 unspecified atom stereocenters. The van der Waals surface area contributed by atoms with Crippen molar-refractivity contribution in [3.63, 3.8) is 0 Å². The van der Waals surface area contributed by atoms with E-state index >= 15 is 0 Å². The van der Waals surface area contributed by atoms with Crippen LogP contribution in [0.5, 0.6) is 0 Å². The summed E-state index contributed by atoms with van der Waals surface area (Å²) in [4.78, 5) is 4.49. The molecule has 3 rings (SSSR count). The van der Waals surface area contributed by atoms with Crippen LogP contribution in [-0.4, -0.2) is 4.98 Å². The van der Waals surface area contributed by atoms with Crippen molar-refractivity contribution < 1.29 is 4.39 Å². The van der Waals surface area contributed by atoms with Gasteiger partial charge in [-0.25, -0.2) is 9.37 Å². The Kier molecular flexibility index (Phi) is 2.88. The quantitative estimate of drug-likeness (QED) is 0.730. The summed E-state index contributed by atoms with van der Waals surface area (Å²) in [5, 5.41) is 4.13. The number of para-hydroxylation sites is 2. The molecular formula is C16H13FN2. The number of rotatable bonds is 2. The summed E-state index contributed by atoms with van der Waals surface area (Å²) in [6, 6.07) is 16.4. The molecule has 2 nitrogen and oxygen atoms in total. The van der Waals surface area contributed by atoms with Gasteiger partial charge in [-0.1, -0.05) is 30.3 Å². The molecule has 0 fully saturated rings. The average molecular weight is 252 g/mol. The first-order chi connectivity index (χ1) is 9.24. The normalized spacial score (nSPS) is 10.6. The molecule has 94 valence electrons. The highest BCUT2D eigenvalue weighted by Gasteiger charge is 2.05. The van der Waals surface area contributed by atoms with Crippen molar-refractivity contribution in [3.05, 3.63) is 66.0 Å². The maximum Gasteiger partial charge on any atom is 0.146 e. The molecule has 0 saturated heterocycles. The molecule has 0 spiro atoms. The van der Waals surface area contributed by atoms with E-state index in [0.717, 1.165) is 16.5 Å². The van der Waals surface area contributed by atoms with Crippen molar-refractivity contribution in [1.82, 2.24) is 4.98 Å². The summed E-state index contributed by atoms with van der Waals surface area (Å²) >= 11 is 0. The van der Waals surface area contributed by atoms with Gasteiger partial charge in [-0.2, -0.15) is 0 Å². The van der Waals surface area contributed by atoms with Crippen LogP contribution in [0.2, 0.25) is 0 Å². The highest BCUT2D eigenvalue weighted by Crippen LogP contribution is 2.23. The van der Waals surface area contributed by atoms with Crippen LogP contribution < -0.4 is 5.32 Å². The summed E-state index contributed by atoms with van der Waals surface area (Å²) in [5.41, 5.74) is 2.45. The number of anilines is 2. The topological polar surface area (TPSA) is 24.9 Å². The number of pyridine rings is 1. The predicted molar refractivity (Wildman–Crippen MR) is 76.2 cm³/mol. The summed E-state index contributed by atoms with van der Waals surface area (Å²) in [6.45, 7) is 2.02. The van der Waals surface area contributed by atoms with E-state index in [4.69, 9.17) is 0 Å². The van der Waals surface area contributed by atoms with Crippen molar-refractivity contribution in [1.29, 1.82) is 0 Å². The van der Waals surface area contributed by atoms with E-state index in [0.29, 0.717) is 11.5 Å². The largest absolute Gasteiger partial charge is 0.338 e. The Labute approximate surface area is 110 Å².